The van der Waals surface area contributed by atoms with Gasteiger partial charge >= 0.3 is 0 Å². The summed E-state index contributed by atoms with van der Waals surface area (Å²) in [5, 5.41) is -0.693. The van der Waals surface area contributed by atoms with Crippen LogP contribution in [0.15, 0.2) is 52.3 Å². The van der Waals surface area contributed by atoms with Gasteiger partial charge in [0.2, 0.25) is 10.0 Å². The second-order valence-corrected chi connectivity index (χ2v) is 10.9. The minimum atomic E-state index is -3.72. The zero-order valence-electron chi connectivity index (χ0n) is 15.6. The number of halogens is 1. The molecule has 1 saturated heterocycles. The summed E-state index contributed by atoms with van der Waals surface area (Å²) in [6.45, 7) is 1.98. The molecule has 0 radical (unpaired) electrons. The highest BCUT2D eigenvalue weighted by molar-refractivity contribution is 7.92. The molecular weight excluding hydrogens is 405 g/mol. The van der Waals surface area contributed by atoms with Crippen molar-refractivity contribution in [3.05, 3.63) is 53.8 Å². The highest BCUT2D eigenvalue weighted by atomic mass is 32.2. The summed E-state index contributed by atoms with van der Waals surface area (Å²) in [6.07, 6.45) is 0.377. The van der Waals surface area contributed by atoms with Gasteiger partial charge in [-0.1, -0.05) is 0 Å². The standard InChI is InChI=1S/C19H22FNO5S2/c1-14-13-18(7-8-19(14)26-2)28(24,25)21-11-9-17(10-12-21)27(22,23)16-5-3-15(20)4-6-16/h3-8,13,17H,9-12H2,1-2H3. The van der Waals surface area contributed by atoms with Crippen LogP contribution in [0.5, 0.6) is 5.75 Å². The van der Waals surface area contributed by atoms with Gasteiger partial charge in [-0.2, -0.15) is 4.31 Å². The number of piperidine rings is 1. The summed E-state index contributed by atoms with van der Waals surface area (Å²) in [4.78, 5) is 0.214. The maximum absolute atomic E-state index is 13.1. The van der Waals surface area contributed by atoms with Crippen LogP contribution in [0, 0.1) is 12.7 Å². The lowest BCUT2D eigenvalue weighted by Gasteiger charge is -2.31. The summed E-state index contributed by atoms with van der Waals surface area (Å²) in [6, 6.07) is 9.35. The van der Waals surface area contributed by atoms with Crippen LogP contribution < -0.4 is 4.74 Å². The van der Waals surface area contributed by atoms with Crippen LogP contribution in [0.25, 0.3) is 0 Å². The van der Waals surface area contributed by atoms with Crippen LogP contribution in [0.3, 0.4) is 0 Å². The third kappa shape index (κ3) is 3.92. The van der Waals surface area contributed by atoms with Crippen molar-refractivity contribution in [3.8, 4) is 5.75 Å². The average Bonchev–Trinajstić information content (AvgIpc) is 2.68. The number of aryl methyl sites for hydroxylation is 1. The van der Waals surface area contributed by atoms with Gasteiger partial charge in [-0.25, -0.2) is 21.2 Å². The molecule has 1 heterocycles. The molecule has 0 saturated carbocycles. The number of sulfone groups is 1. The monoisotopic (exact) mass is 427 g/mol. The summed E-state index contributed by atoms with van der Waals surface area (Å²) >= 11 is 0. The van der Waals surface area contributed by atoms with Crippen LogP contribution in [0.1, 0.15) is 18.4 Å². The summed E-state index contributed by atoms with van der Waals surface area (Å²) in [5.74, 6) is 0.0951. The first kappa shape index (κ1) is 20.8. The van der Waals surface area contributed by atoms with Gasteiger partial charge in [-0.05, 0) is 67.8 Å². The van der Waals surface area contributed by atoms with E-state index < -0.39 is 30.9 Å². The van der Waals surface area contributed by atoms with Crippen LogP contribution >= 0.6 is 0 Å². The molecule has 1 aliphatic rings. The lowest BCUT2D eigenvalue weighted by Crippen LogP contribution is -2.42. The molecule has 6 nitrogen and oxygen atoms in total. The van der Waals surface area contributed by atoms with Crippen molar-refractivity contribution in [2.75, 3.05) is 20.2 Å². The van der Waals surface area contributed by atoms with Crippen LogP contribution in [0.4, 0.5) is 4.39 Å². The molecule has 0 aliphatic carbocycles. The largest absolute Gasteiger partial charge is 0.496 e. The average molecular weight is 428 g/mol. The van der Waals surface area contributed by atoms with E-state index in [2.05, 4.69) is 0 Å². The topological polar surface area (TPSA) is 80.8 Å². The molecule has 152 valence electrons. The Morgan fingerprint density at radius 3 is 2.07 bits per heavy atom. The lowest BCUT2D eigenvalue weighted by molar-refractivity contribution is 0.345. The molecule has 9 heteroatoms. The van der Waals surface area contributed by atoms with E-state index in [4.69, 9.17) is 4.74 Å². The third-order valence-corrected chi connectivity index (χ3v) is 9.16. The Hall–Kier alpha value is -1.97. The van der Waals surface area contributed by atoms with Crippen molar-refractivity contribution in [1.82, 2.24) is 4.31 Å². The van der Waals surface area contributed by atoms with E-state index >= 15 is 0 Å². The van der Waals surface area contributed by atoms with Crippen molar-refractivity contribution in [1.29, 1.82) is 0 Å². The number of methoxy groups -OCH3 is 1. The highest BCUT2D eigenvalue weighted by Gasteiger charge is 2.35. The molecule has 2 aromatic rings. The first-order valence-electron chi connectivity index (χ1n) is 8.80. The van der Waals surface area contributed by atoms with E-state index in [-0.39, 0.29) is 35.7 Å². The SMILES string of the molecule is COc1ccc(S(=O)(=O)N2CCC(S(=O)(=O)c3ccc(F)cc3)CC2)cc1C. The maximum Gasteiger partial charge on any atom is 0.243 e. The van der Waals surface area contributed by atoms with E-state index in [0.717, 1.165) is 12.1 Å². The molecule has 0 spiro atoms. The number of ether oxygens (including phenoxy) is 1. The molecule has 1 aliphatic heterocycles. The summed E-state index contributed by atoms with van der Waals surface area (Å²) in [5.41, 5.74) is 0.706. The second kappa shape index (κ2) is 7.81. The minimum absolute atomic E-state index is 0.0565. The van der Waals surface area contributed by atoms with Crippen LogP contribution in [-0.2, 0) is 19.9 Å². The molecule has 1 fully saturated rings. The zero-order chi connectivity index (χ0) is 20.5. The summed E-state index contributed by atoms with van der Waals surface area (Å²) < 4.78 is 70.8. The van der Waals surface area contributed by atoms with Gasteiger partial charge in [0.25, 0.3) is 0 Å². The number of sulfonamides is 1. The quantitative estimate of drug-likeness (QED) is 0.686. The Balaban J connectivity index is 1.75. The lowest BCUT2D eigenvalue weighted by atomic mass is 10.2. The number of hydrogen-bond donors (Lipinski definition) is 0. The number of hydrogen-bond acceptors (Lipinski definition) is 5. The number of nitrogens with zero attached hydrogens (tertiary/aromatic N) is 1. The van der Waals surface area contributed by atoms with Crippen molar-refractivity contribution in [2.24, 2.45) is 0 Å². The smallest absolute Gasteiger partial charge is 0.243 e. The van der Waals surface area contributed by atoms with E-state index in [0.29, 0.717) is 11.3 Å². The molecule has 3 rings (SSSR count). The first-order chi connectivity index (χ1) is 13.2. The zero-order valence-corrected chi connectivity index (χ0v) is 17.3. The fourth-order valence-corrected chi connectivity index (χ4v) is 6.65. The molecule has 0 amide bonds. The molecule has 0 bridgehead atoms. The third-order valence-electron chi connectivity index (χ3n) is 4.99. The number of benzene rings is 2. The molecule has 0 N–H and O–H groups in total. The van der Waals surface area contributed by atoms with Gasteiger partial charge in [0.05, 0.1) is 22.2 Å². The van der Waals surface area contributed by atoms with Gasteiger partial charge in [0, 0.05) is 13.1 Å². The first-order valence-corrected chi connectivity index (χ1v) is 11.8. The normalized spacial score (nSPS) is 16.8. The van der Waals surface area contributed by atoms with Crippen molar-refractivity contribution in [3.63, 3.8) is 0 Å². The van der Waals surface area contributed by atoms with Gasteiger partial charge in [0.15, 0.2) is 9.84 Å². The Morgan fingerprint density at radius 1 is 0.964 bits per heavy atom. The fourth-order valence-electron chi connectivity index (χ4n) is 3.36. The molecule has 0 aromatic heterocycles. The van der Waals surface area contributed by atoms with Crippen molar-refractivity contribution < 1.29 is 26.0 Å². The fraction of sp³-hybridized carbons (Fsp3) is 0.368. The second-order valence-electron chi connectivity index (χ2n) is 6.73. The van der Waals surface area contributed by atoms with Gasteiger partial charge in [0.1, 0.15) is 11.6 Å². The van der Waals surface area contributed by atoms with Gasteiger partial charge < -0.3 is 4.74 Å². The Bertz CT molecular complexity index is 1060. The summed E-state index contributed by atoms with van der Waals surface area (Å²) in [7, 11) is -5.83. The van der Waals surface area contributed by atoms with Gasteiger partial charge in [-0.15, -0.1) is 0 Å². The molecule has 0 atom stereocenters. The maximum atomic E-state index is 13.1. The van der Waals surface area contributed by atoms with Crippen molar-refractivity contribution >= 4 is 19.9 Å². The van der Waals surface area contributed by atoms with E-state index in [1.165, 1.54) is 29.6 Å². The van der Waals surface area contributed by atoms with E-state index in [1.807, 2.05) is 0 Å². The molecular formula is C19H22FNO5S2. The van der Waals surface area contributed by atoms with Crippen LogP contribution in [-0.4, -0.2) is 46.6 Å². The van der Waals surface area contributed by atoms with Crippen LogP contribution in [0.2, 0.25) is 0 Å². The molecule has 28 heavy (non-hydrogen) atoms. The minimum Gasteiger partial charge on any atom is -0.496 e. The Morgan fingerprint density at radius 2 is 1.54 bits per heavy atom. The molecule has 0 unspecified atom stereocenters. The highest BCUT2D eigenvalue weighted by Crippen LogP contribution is 2.29. The Labute approximate surface area is 164 Å². The van der Waals surface area contributed by atoms with E-state index in [1.54, 1.807) is 19.1 Å². The molecule has 2 aromatic carbocycles. The van der Waals surface area contributed by atoms with Crippen molar-refractivity contribution in [2.45, 2.75) is 34.8 Å². The number of rotatable bonds is 5. The van der Waals surface area contributed by atoms with Gasteiger partial charge in [-0.3, -0.25) is 0 Å². The predicted octanol–water partition coefficient (Wildman–Crippen LogP) is 2.77. The van der Waals surface area contributed by atoms with E-state index in [9.17, 15) is 21.2 Å². The predicted molar refractivity (Wildman–Crippen MR) is 103 cm³/mol. The Kier molecular flexibility index (Phi) is 5.79.